The first-order valence-electron chi connectivity index (χ1n) is 32.0. The molecule has 44 nitrogen and oxygen atoms in total. The van der Waals surface area contributed by atoms with E-state index < -0.39 is 315 Å². The van der Waals surface area contributed by atoms with Gasteiger partial charge in [0.2, 0.25) is 23.6 Å². The number of carbonyl (C=O) groups is 4. The molecule has 40 atom stereocenters. The molecule has 0 bridgehead atoms. The molecule has 8 aliphatic heterocycles. The molecule has 8 heterocycles. The van der Waals surface area contributed by atoms with E-state index in [1.165, 1.54) is 6.92 Å². The second kappa shape index (κ2) is 35.7. The first-order valence-corrected chi connectivity index (χ1v) is 32.0. The smallest absolute Gasteiger partial charge is 0.217 e. The summed E-state index contributed by atoms with van der Waals surface area (Å²) in [5.74, 6) is -3.34. The Morgan fingerprint density at radius 1 is 0.280 bits per heavy atom. The second-order valence-corrected chi connectivity index (χ2v) is 25.4. The van der Waals surface area contributed by atoms with Crippen molar-refractivity contribution in [3.8, 4) is 0 Å². The van der Waals surface area contributed by atoms with E-state index in [0.29, 0.717) is 0 Å². The summed E-state index contributed by atoms with van der Waals surface area (Å²) in [5, 5.41) is 241. The fraction of sp³-hybridized carbons (Fsp3) is 0.929. The lowest BCUT2D eigenvalue weighted by molar-refractivity contribution is -0.388. The lowest BCUT2D eigenvalue weighted by Gasteiger charge is -2.50. The third-order valence-corrected chi connectivity index (χ3v) is 18.2. The van der Waals surface area contributed by atoms with Gasteiger partial charge in [0.05, 0.1) is 52.4 Å². The molecule has 1 unspecified atom stereocenters. The minimum absolute atomic E-state index is 0.766. The van der Waals surface area contributed by atoms with Gasteiger partial charge in [-0.2, -0.15) is 0 Å². The number of rotatable bonds is 25. The summed E-state index contributed by atoms with van der Waals surface area (Å²) in [6, 6.07) is -6.93. The zero-order valence-electron chi connectivity index (χ0n) is 54.2. The molecule has 8 aliphatic rings. The SMILES string of the molecule is CC(=O)N[C@H]1[C@H](O[C@H]2[C@H](O)[C@@H](NC(C)=O)C(O)O[C@@H]2CO[C@@H]2O[C@@H](C)[C@@H](O)[C@H](O)[C@@H]2O)O[C@H](CO)[C@@H](O[C@@H]2O[C@H](CO[C@H]3O[C@H](CO[C@@H]4O[C@H](CO)[C@@H](O)[C@H](O)[C@H]4NC(C)=O)[C@@H](O)[C@H](O)[C@@H]3O[C@@H]3O[C@H](CO)[C@@H](O)[C@H](O)[C@H]3NC(C)=O)[C@@H](O)[C@H](O[C@H]3O[C@H](CO)[C@@H](O)[C@H](O)[C@@H]3O)[C@@H]2O)[C@@H]1O. The number of carbonyl (C=O) groups excluding carboxylic acids is 4. The predicted molar refractivity (Wildman–Crippen MR) is 309 cm³/mol. The average Bonchev–Trinajstić information content (AvgIpc) is 0.780. The lowest BCUT2D eigenvalue weighted by Crippen LogP contribution is -2.70. The number of aliphatic hydroxyl groups excluding tert-OH is 21. The summed E-state index contributed by atoms with van der Waals surface area (Å²) < 4.78 is 88.3. The van der Waals surface area contributed by atoms with Gasteiger partial charge in [-0.05, 0) is 6.92 Å². The third-order valence-electron chi connectivity index (χ3n) is 18.2. The molecule has 0 saturated carbocycles. The van der Waals surface area contributed by atoms with E-state index in [0.717, 1.165) is 27.7 Å². The Morgan fingerprint density at radius 2 is 0.620 bits per heavy atom. The Kier molecular flexibility index (Phi) is 29.3. The summed E-state index contributed by atoms with van der Waals surface area (Å²) in [7, 11) is 0. The normalized spacial score (nSPS) is 48.7. The topological polar surface area (TPSA) is 680 Å². The van der Waals surface area contributed by atoms with E-state index >= 15 is 0 Å². The summed E-state index contributed by atoms with van der Waals surface area (Å²) in [5.41, 5.74) is 0. The zero-order chi connectivity index (χ0) is 73.8. The van der Waals surface area contributed by atoms with Crippen LogP contribution in [0.4, 0.5) is 0 Å². The minimum atomic E-state index is -2.42. The first-order chi connectivity index (χ1) is 47.2. The predicted octanol–water partition coefficient (Wildman–Crippen LogP) is -16.8. The van der Waals surface area contributed by atoms with Gasteiger partial charge in [0.15, 0.2) is 50.3 Å². The molecule has 4 amide bonds. The molecule has 25 N–H and O–H groups in total. The highest BCUT2D eigenvalue weighted by atomic mass is 16.8. The number of nitrogens with one attached hydrogen (secondary N) is 4. The quantitative estimate of drug-likeness (QED) is 0.0404. The van der Waals surface area contributed by atoms with E-state index in [-0.39, 0.29) is 0 Å². The van der Waals surface area contributed by atoms with Crippen molar-refractivity contribution >= 4 is 23.6 Å². The molecule has 0 aromatic rings. The van der Waals surface area contributed by atoms with Crippen LogP contribution in [0.1, 0.15) is 34.6 Å². The van der Waals surface area contributed by atoms with Crippen LogP contribution in [0.5, 0.6) is 0 Å². The summed E-state index contributed by atoms with van der Waals surface area (Å²) in [6.07, 6.45) is -70.7. The van der Waals surface area contributed by atoms with Crippen LogP contribution in [-0.2, 0) is 90.2 Å². The van der Waals surface area contributed by atoms with Gasteiger partial charge < -0.3 is 200 Å². The van der Waals surface area contributed by atoms with Gasteiger partial charge in [-0.3, -0.25) is 19.2 Å². The Bertz CT molecular complexity index is 2620. The highest BCUT2D eigenvalue weighted by Crippen LogP contribution is 2.38. The molecule has 8 saturated heterocycles. The summed E-state index contributed by atoms with van der Waals surface area (Å²) in [4.78, 5) is 50.1. The van der Waals surface area contributed by atoms with Crippen molar-refractivity contribution in [3.63, 3.8) is 0 Å². The van der Waals surface area contributed by atoms with Gasteiger partial charge in [0.25, 0.3) is 0 Å². The number of hydrogen-bond donors (Lipinski definition) is 25. The van der Waals surface area contributed by atoms with Crippen molar-refractivity contribution in [3.05, 3.63) is 0 Å². The molecular formula is C56H94N4O40. The van der Waals surface area contributed by atoms with Crippen molar-refractivity contribution in [2.45, 2.75) is 280 Å². The highest BCUT2D eigenvalue weighted by molar-refractivity contribution is 5.74. The maximum absolute atomic E-state index is 13.0. The molecular weight excluding hydrogens is 1370 g/mol. The van der Waals surface area contributed by atoms with E-state index in [4.69, 9.17) is 71.1 Å². The first kappa shape index (κ1) is 82.1. The van der Waals surface area contributed by atoms with E-state index in [1.54, 1.807) is 0 Å². The maximum Gasteiger partial charge on any atom is 0.217 e. The van der Waals surface area contributed by atoms with Gasteiger partial charge in [0.1, 0.15) is 189 Å². The van der Waals surface area contributed by atoms with E-state index in [9.17, 15) is 126 Å². The number of aliphatic hydroxyl groups is 21. The van der Waals surface area contributed by atoms with Gasteiger partial charge in [0, 0.05) is 27.7 Å². The molecule has 0 radical (unpaired) electrons. The van der Waals surface area contributed by atoms with Gasteiger partial charge in [-0.1, -0.05) is 0 Å². The van der Waals surface area contributed by atoms with Crippen LogP contribution >= 0.6 is 0 Å². The molecule has 100 heavy (non-hydrogen) atoms. The van der Waals surface area contributed by atoms with E-state index in [2.05, 4.69) is 21.3 Å². The number of ether oxygens (including phenoxy) is 15. The molecule has 0 aliphatic carbocycles. The molecule has 44 heteroatoms. The van der Waals surface area contributed by atoms with Crippen LogP contribution in [0.2, 0.25) is 0 Å². The maximum atomic E-state index is 13.0. The van der Waals surface area contributed by atoms with Crippen LogP contribution in [0.25, 0.3) is 0 Å². The van der Waals surface area contributed by atoms with Gasteiger partial charge in [-0.15, -0.1) is 0 Å². The Hall–Kier alpha value is -3.56. The molecule has 0 spiro atoms. The number of amides is 4. The van der Waals surface area contributed by atoms with Crippen LogP contribution in [0.15, 0.2) is 0 Å². The standard InChI is InChI=1S/C56H94N4O40/c1-13-29(69)39(79)42(82)53(89-13)87-12-24-46(37(77)25(49(85)90-24)57-14(2)65)97-52-28(60-17(5)68)38(78)45(21(9-64)94-52)98-55-44(84)47(99-54-43(83)40(80)32(72)20(8-63)93-54)34(74)23(95-55)11-88-56-48(100-51-27(59-16(4)67)36(76)31(71)19(7-62)92-51)41(81)33(73)22(96-56)10-86-50-26(58-15(3)66)35(75)30(70)18(6-61)91-50/h13,18-56,61-64,69-85H,6-12H2,1-5H3,(H,57,65)(H,58,66)(H,59,67)(H,60,68)/t13-,18+,19+,20+,21+,22+,23+,24+,25+,26+,27+,28+,29+,30+,31+,32+,33+,34+,35+,36+,37+,38+,39-,40-,41-,42-,43-,44-,45+,46+,47-,48-,49?,50+,51-,52-,53+,54+,55-,56-/m0/s1. The summed E-state index contributed by atoms with van der Waals surface area (Å²) >= 11 is 0. The number of hydrogen-bond acceptors (Lipinski definition) is 40. The third kappa shape index (κ3) is 18.4. The van der Waals surface area contributed by atoms with Crippen molar-refractivity contribution in [1.82, 2.24) is 21.3 Å². The van der Waals surface area contributed by atoms with Crippen molar-refractivity contribution in [2.75, 3.05) is 46.2 Å². The minimum Gasteiger partial charge on any atom is -0.394 e. The zero-order valence-corrected chi connectivity index (χ0v) is 54.2. The molecule has 0 aromatic heterocycles. The fourth-order valence-electron chi connectivity index (χ4n) is 12.7. The monoisotopic (exact) mass is 1460 g/mol. The molecule has 8 fully saturated rings. The van der Waals surface area contributed by atoms with Crippen molar-refractivity contribution in [2.24, 2.45) is 0 Å². The van der Waals surface area contributed by atoms with Crippen LogP contribution in [0.3, 0.4) is 0 Å². The molecule has 578 valence electrons. The van der Waals surface area contributed by atoms with Gasteiger partial charge in [-0.25, -0.2) is 0 Å². The average molecular weight is 1460 g/mol. The lowest BCUT2D eigenvalue weighted by atomic mass is 9.93. The second-order valence-electron chi connectivity index (χ2n) is 25.4. The van der Waals surface area contributed by atoms with Crippen molar-refractivity contribution in [1.29, 1.82) is 0 Å². The van der Waals surface area contributed by atoms with Crippen LogP contribution in [0, 0.1) is 0 Å². The Morgan fingerprint density at radius 3 is 1.16 bits per heavy atom. The highest BCUT2D eigenvalue weighted by Gasteiger charge is 2.59. The fourth-order valence-corrected chi connectivity index (χ4v) is 12.7. The van der Waals surface area contributed by atoms with Crippen molar-refractivity contribution < 1.29 is 197 Å². The molecule has 8 rings (SSSR count). The Labute approximate surface area is 567 Å². The largest absolute Gasteiger partial charge is 0.394 e. The van der Waals surface area contributed by atoms with Crippen LogP contribution in [-0.4, -0.2) is 423 Å². The van der Waals surface area contributed by atoms with E-state index in [1.807, 2.05) is 0 Å². The Balaban J connectivity index is 1.11. The summed E-state index contributed by atoms with van der Waals surface area (Å²) in [6.45, 7) is -1.57. The van der Waals surface area contributed by atoms with Gasteiger partial charge >= 0.3 is 0 Å². The van der Waals surface area contributed by atoms with Crippen LogP contribution < -0.4 is 21.3 Å². The molecule has 0 aromatic carbocycles.